The first-order valence-electron chi connectivity index (χ1n) is 6.24. The van der Waals surface area contributed by atoms with Crippen LogP contribution in [0.1, 0.15) is 32.8 Å². The third-order valence-corrected chi connectivity index (χ3v) is 2.31. The summed E-state index contributed by atoms with van der Waals surface area (Å²) in [6, 6.07) is 8.13. The second-order valence-electron chi connectivity index (χ2n) is 4.53. The van der Waals surface area contributed by atoms with Gasteiger partial charge in [-0.25, -0.2) is 0 Å². The van der Waals surface area contributed by atoms with E-state index in [4.69, 9.17) is 4.74 Å². The number of allylic oxidation sites excluding steroid dienone is 3. The molecule has 92 valence electrons. The van der Waals surface area contributed by atoms with Gasteiger partial charge in [-0.15, -0.1) is 0 Å². The Morgan fingerprint density at radius 1 is 1.24 bits per heavy atom. The van der Waals surface area contributed by atoms with Crippen molar-refractivity contribution in [1.82, 2.24) is 0 Å². The Morgan fingerprint density at radius 3 is 2.41 bits per heavy atom. The molecule has 0 N–H and O–H groups in total. The zero-order valence-corrected chi connectivity index (χ0v) is 11.2. The molecule has 1 nitrogen and oxygen atoms in total. The zero-order valence-electron chi connectivity index (χ0n) is 11.2. The monoisotopic (exact) mass is 230 g/mol. The van der Waals surface area contributed by atoms with Gasteiger partial charge in [-0.3, -0.25) is 0 Å². The van der Waals surface area contributed by atoms with E-state index < -0.39 is 0 Å². The smallest absolute Gasteiger partial charge is 0.127 e. The molecule has 0 atom stereocenters. The van der Waals surface area contributed by atoms with Gasteiger partial charge in [0.25, 0.3) is 0 Å². The van der Waals surface area contributed by atoms with E-state index in [0.29, 0.717) is 5.92 Å². The molecule has 0 saturated carbocycles. The van der Waals surface area contributed by atoms with Gasteiger partial charge in [0.2, 0.25) is 0 Å². The average molecular weight is 230 g/mol. The maximum atomic E-state index is 5.83. The van der Waals surface area contributed by atoms with E-state index in [2.05, 4.69) is 52.0 Å². The number of hydrogen-bond acceptors (Lipinski definition) is 1. The zero-order chi connectivity index (χ0) is 12.7. The first-order valence-corrected chi connectivity index (χ1v) is 6.24. The second-order valence-corrected chi connectivity index (χ2v) is 4.53. The van der Waals surface area contributed by atoms with Gasteiger partial charge in [0.05, 0.1) is 0 Å². The number of ether oxygens (including phenoxy) is 1. The Labute approximate surface area is 105 Å². The molecule has 0 aliphatic heterocycles. The van der Waals surface area contributed by atoms with Gasteiger partial charge in [-0.05, 0) is 43.5 Å². The number of hydrogen-bond donors (Lipinski definition) is 0. The van der Waals surface area contributed by atoms with Crippen LogP contribution in [0, 0.1) is 12.8 Å². The molecule has 0 aromatic heterocycles. The maximum Gasteiger partial charge on any atom is 0.127 e. The molecule has 0 radical (unpaired) electrons. The molecule has 0 saturated heterocycles. The minimum atomic E-state index is 0.539. The minimum Gasteiger partial charge on any atom is -0.458 e. The van der Waals surface area contributed by atoms with Gasteiger partial charge >= 0.3 is 0 Å². The quantitative estimate of drug-likeness (QED) is 0.517. The Kier molecular flexibility index (Phi) is 5.55. The summed E-state index contributed by atoms with van der Waals surface area (Å²) in [7, 11) is 0. The van der Waals surface area contributed by atoms with Crippen molar-refractivity contribution in [3.05, 3.63) is 53.8 Å². The molecule has 0 bridgehead atoms. The Morgan fingerprint density at radius 2 is 1.88 bits per heavy atom. The van der Waals surface area contributed by atoms with Crippen molar-refractivity contribution in [3.8, 4) is 5.75 Å². The van der Waals surface area contributed by atoms with Gasteiger partial charge in [0.1, 0.15) is 11.5 Å². The molecule has 1 aromatic carbocycles. The second kappa shape index (κ2) is 6.95. The topological polar surface area (TPSA) is 9.23 Å². The summed E-state index contributed by atoms with van der Waals surface area (Å²) in [6.07, 6.45) is 7.27. The lowest BCUT2D eigenvalue weighted by Gasteiger charge is -2.07. The van der Waals surface area contributed by atoms with Gasteiger partial charge in [-0.2, -0.15) is 0 Å². The van der Waals surface area contributed by atoms with Crippen molar-refractivity contribution in [2.24, 2.45) is 5.92 Å². The van der Waals surface area contributed by atoms with Gasteiger partial charge in [-0.1, -0.05) is 44.5 Å². The van der Waals surface area contributed by atoms with Crippen LogP contribution in [-0.2, 0) is 0 Å². The van der Waals surface area contributed by atoms with E-state index in [9.17, 15) is 0 Å². The van der Waals surface area contributed by atoms with Crippen LogP contribution in [0.3, 0.4) is 0 Å². The molecular weight excluding hydrogens is 208 g/mol. The predicted molar refractivity (Wildman–Crippen MR) is 74.2 cm³/mol. The Hall–Kier alpha value is -1.50. The van der Waals surface area contributed by atoms with E-state index >= 15 is 0 Å². The number of rotatable bonds is 5. The standard InChI is InChI=1S/C16H22O/c1-5-6-15(10-7-13(2)3)17-16-11-8-14(4)9-12-16/h6-13H,5H2,1-4H3/b10-7-,15-6+. The summed E-state index contributed by atoms with van der Waals surface area (Å²) in [5.41, 5.74) is 1.25. The van der Waals surface area contributed by atoms with Crippen molar-refractivity contribution >= 4 is 0 Å². The third-order valence-electron chi connectivity index (χ3n) is 2.31. The van der Waals surface area contributed by atoms with Crippen molar-refractivity contribution in [1.29, 1.82) is 0 Å². The summed E-state index contributed by atoms with van der Waals surface area (Å²) in [5, 5.41) is 0. The molecule has 0 aliphatic rings. The molecule has 1 heteroatoms. The van der Waals surface area contributed by atoms with Crippen LogP contribution in [0.15, 0.2) is 48.3 Å². The van der Waals surface area contributed by atoms with Crippen LogP contribution >= 0.6 is 0 Å². The van der Waals surface area contributed by atoms with E-state index in [-0.39, 0.29) is 0 Å². The molecular formula is C16H22O. The molecule has 1 rings (SSSR count). The molecule has 1 aromatic rings. The van der Waals surface area contributed by atoms with Crippen molar-refractivity contribution in [3.63, 3.8) is 0 Å². The lowest BCUT2D eigenvalue weighted by molar-refractivity contribution is 0.441. The molecule has 0 spiro atoms. The third kappa shape index (κ3) is 5.39. The van der Waals surface area contributed by atoms with Crippen molar-refractivity contribution < 1.29 is 4.74 Å². The normalized spacial score (nSPS) is 12.4. The highest BCUT2D eigenvalue weighted by atomic mass is 16.5. The van der Waals surface area contributed by atoms with E-state index in [0.717, 1.165) is 17.9 Å². The summed E-state index contributed by atoms with van der Waals surface area (Å²) in [5.74, 6) is 2.35. The SMILES string of the molecule is CC/C=C(\C=C/C(C)C)Oc1ccc(C)cc1. The Bertz CT molecular complexity index is 382. The van der Waals surface area contributed by atoms with Crippen LogP contribution < -0.4 is 4.74 Å². The van der Waals surface area contributed by atoms with Crippen LogP contribution in [-0.4, -0.2) is 0 Å². The highest BCUT2D eigenvalue weighted by molar-refractivity contribution is 5.29. The van der Waals surface area contributed by atoms with Gasteiger partial charge in [0.15, 0.2) is 0 Å². The van der Waals surface area contributed by atoms with E-state index in [1.165, 1.54) is 5.56 Å². The van der Waals surface area contributed by atoms with Gasteiger partial charge < -0.3 is 4.74 Å². The summed E-state index contributed by atoms with van der Waals surface area (Å²) >= 11 is 0. The molecule has 0 unspecified atom stereocenters. The molecule has 0 fully saturated rings. The maximum absolute atomic E-state index is 5.83. The fraction of sp³-hybridized carbons (Fsp3) is 0.375. The van der Waals surface area contributed by atoms with Crippen molar-refractivity contribution in [2.45, 2.75) is 34.1 Å². The largest absolute Gasteiger partial charge is 0.458 e. The molecule has 0 amide bonds. The number of benzene rings is 1. The fourth-order valence-corrected chi connectivity index (χ4v) is 1.37. The van der Waals surface area contributed by atoms with Crippen LogP contribution in [0.25, 0.3) is 0 Å². The fourth-order valence-electron chi connectivity index (χ4n) is 1.37. The lowest BCUT2D eigenvalue weighted by Crippen LogP contribution is -1.93. The van der Waals surface area contributed by atoms with Crippen LogP contribution in [0.4, 0.5) is 0 Å². The predicted octanol–water partition coefficient (Wildman–Crippen LogP) is 4.88. The highest BCUT2D eigenvalue weighted by Gasteiger charge is 1.97. The number of aryl methyl sites for hydroxylation is 1. The molecule has 0 heterocycles. The van der Waals surface area contributed by atoms with Crippen LogP contribution in [0.2, 0.25) is 0 Å². The molecule has 0 aliphatic carbocycles. The minimum absolute atomic E-state index is 0.539. The summed E-state index contributed by atoms with van der Waals surface area (Å²) in [4.78, 5) is 0. The van der Waals surface area contributed by atoms with E-state index in [1.807, 2.05) is 18.2 Å². The highest BCUT2D eigenvalue weighted by Crippen LogP contribution is 2.16. The van der Waals surface area contributed by atoms with E-state index in [1.54, 1.807) is 0 Å². The van der Waals surface area contributed by atoms with Crippen molar-refractivity contribution in [2.75, 3.05) is 0 Å². The molecule has 17 heavy (non-hydrogen) atoms. The summed E-state index contributed by atoms with van der Waals surface area (Å²) < 4.78 is 5.83. The summed E-state index contributed by atoms with van der Waals surface area (Å²) in [6.45, 7) is 8.50. The lowest BCUT2D eigenvalue weighted by atomic mass is 10.2. The average Bonchev–Trinajstić information content (AvgIpc) is 2.29. The first-order chi connectivity index (χ1) is 8.11. The van der Waals surface area contributed by atoms with Crippen LogP contribution in [0.5, 0.6) is 5.75 Å². The first kappa shape index (κ1) is 13.6. The Balaban J connectivity index is 2.73. The van der Waals surface area contributed by atoms with Gasteiger partial charge in [0, 0.05) is 0 Å².